The van der Waals surface area contributed by atoms with Gasteiger partial charge in [-0.2, -0.15) is 0 Å². The molecule has 0 saturated carbocycles. The van der Waals surface area contributed by atoms with E-state index in [9.17, 15) is 0 Å². The molecule has 4 heterocycles. The Labute approximate surface area is 294 Å². The van der Waals surface area contributed by atoms with Gasteiger partial charge >= 0.3 is 0 Å². The van der Waals surface area contributed by atoms with E-state index in [1.54, 1.807) is 0 Å². The highest BCUT2D eigenvalue weighted by Crippen LogP contribution is 2.45. The molecule has 0 saturated heterocycles. The Morgan fingerprint density at radius 1 is 0.217 bits per heavy atom. The summed E-state index contributed by atoms with van der Waals surface area (Å²) in [6.45, 7) is 0. The van der Waals surface area contributed by atoms with Gasteiger partial charge in [0.05, 0.1) is 0 Å². The van der Waals surface area contributed by atoms with Crippen LogP contribution in [0.15, 0.2) is 146 Å². The summed E-state index contributed by atoms with van der Waals surface area (Å²) in [6, 6.07) is 51.6. The third-order valence-electron chi connectivity index (χ3n) is 7.85. The van der Waals surface area contributed by atoms with Crippen molar-refractivity contribution in [2.75, 3.05) is 0 Å². The highest BCUT2D eigenvalue weighted by molar-refractivity contribution is 7.29. The van der Waals surface area contributed by atoms with E-state index in [0.717, 1.165) is 10.0 Å². The summed E-state index contributed by atoms with van der Waals surface area (Å²) in [7, 11) is 0. The first-order chi connectivity index (χ1) is 22.6. The molecule has 0 nitrogen and oxygen atoms in total. The van der Waals surface area contributed by atoms with Crippen LogP contribution in [-0.4, -0.2) is 0 Å². The van der Waals surface area contributed by atoms with Crippen LogP contribution in [0.25, 0.3) is 72.4 Å². The number of hydrogen-bond acceptors (Lipinski definition) is 4. The summed E-state index contributed by atoms with van der Waals surface area (Å²) < 4.78 is 0. The summed E-state index contributed by atoms with van der Waals surface area (Å²) in [4.78, 5) is 10.4. The fraction of sp³-hybridized carbons (Fsp3) is 0. The Kier molecular flexibility index (Phi) is 8.26. The van der Waals surface area contributed by atoms with Gasteiger partial charge in [0.25, 0.3) is 0 Å². The lowest BCUT2D eigenvalue weighted by Gasteiger charge is -2.03. The molecule has 0 N–H and O–H groups in total. The SMILES string of the molecule is Clc1ccc(-c2ccc(-c3ccc(-c4ccc(-c5ccc(-c6ccc(-c7ccc(-c8ccc(Cl)cc8)cc7)s6)s5)s4)s3)cc2)cc1. The predicted molar refractivity (Wildman–Crippen MR) is 206 cm³/mol. The molecule has 8 rings (SSSR count). The molecule has 0 aliphatic rings. The molecule has 0 spiro atoms. The Morgan fingerprint density at radius 2 is 0.413 bits per heavy atom. The monoisotopic (exact) mass is 702 g/mol. The second kappa shape index (κ2) is 12.8. The molecule has 6 heteroatoms. The summed E-state index contributed by atoms with van der Waals surface area (Å²) in [5.74, 6) is 0. The minimum absolute atomic E-state index is 0.758. The van der Waals surface area contributed by atoms with Crippen LogP contribution in [0.2, 0.25) is 10.0 Å². The zero-order valence-corrected chi connectivity index (χ0v) is 29.0. The van der Waals surface area contributed by atoms with Crippen LogP contribution in [0, 0.1) is 0 Å². The van der Waals surface area contributed by atoms with E-state index in [2.05, 4.69) is 121 Å². The molecule has 8 aromatic rings. The van der Waals surface area contributed by atoms with Crippen molar-refractivity contribution in [3.63, 3.8) is 0 Å². The zero-order valence-electron chi connectivity index (χ0n) is 24.2. The standard InChI is InChI=1S/C40H24Cl2S4/c41-31-13-9-27(10-14-31)25-1-5-29(6-2-25)33-17-19-35(43-33)37-21-23-39(45-37)40-24-22-38(46-40)36-20-18-34(44-36)30-7-3-26(4-8-30)28-11-15-32(42)16-12-28/h1-24H. The first-order valence-electron chi connectivity index (χ1n) is 14.7. The van der Waals surface area contributed by atoms with Crippen LogP contribution in [0.5, 0.6) is 0 Å². The summed E-state index contributed by atoms with van der Waals surface area (Å²) in [6.07, 6.45) is 0. The van der Waals surface area contributed by atoms with E-state index in [1.807, 2.05) is 69.6 Å². The topological polar surface area (TPSA) is 0 Å². The first kappa shape index (κ1) is 29.6. The van der Waals surface area contributed by atoms with Crippen molar-refractivity contribution in [3.05, 3.63) is 156 Å². The van der Waals surface area contributed by atoms with Crippen LogP contribution >= 0.6 is 68.5 Å². The van der Waals surface area contributed by atoms with E-state index >= 15 is 0 Å². The van der Waals surface area contributed by atoms with E-state index in [0.29, 0.717) is 0 Å². The van der Waals surface area contributed by atoms with Gasteiger partial charge in [-0.15, -0.1) is 45.3 Å². The van der Waals surface area contributed by atoms with E-state index in [-0.39, 0.29) is 0 Å². The van der Waals surface area contributed by atoms with Gasteiger partial charge in [-0.3, -0.25) is 0 Å². The van der Waals surface area contributed by atoms with Gasteiger partial charge in [0.2, 0.25) is 0 Å². The molecular formula is C40H24Cl2S4. The van der Waals surface area contributed by atoms with E-state index in [1.165, 1.54) is 72.4 Å². The van der Waals surface area contributed by atoms with E-state index in [4.69, 9.17) is 23.2 Å². The molecule has 0 aliphatic heterocycles. The lowest BCUT2D eigenvalue weighted by Crippen LogP contribution is -1.78. The number of benzene rings is 4. The Bertz CT molecular complexity index is 2080. The predicted octanol–water partition coefficient (Wildman–Crippen LogP) is 14.9. The Morgan fingerprint density at radius 3 is 0.696 bits per heavy atom. The molecule has 0 aliphatic carbocycles. The molecule has 0 unspecified atom stereocenters. The van der Waals surface area contributed by atoms with Crippen molar-refractivity contribution >= 4 is 68.5 Å². The second-order valence-electron chi connectivity index (χ2n) is 10.8. The van der Waals surface area contributed by atoms with Crippen molar-refractivity contribution in [3.8, 4) is 72.4 Å². The molecule has 0 atom stereocenters. The van der Waals surface area contributed by atoms with Crippen LogP contribution < -0.4 is 0 Å². The minimum atomic E-state index is 0.758. The smallest absolute Gasteiger partial charge is 0.0449 e. The maximum atomic E-state index is 6.06. The molecule has 4 aromatic heterocycles. The average Bonchev–Trinajstić information content (AvgIpc) is 3.92. The number of rotatable bonds is 7. The Hall–Kier alpha value is -3.74. The molecule has 4 aromatic carbocycles. The molecule has 0 radical (unpaired) electrons. The first-order valence-corrected chi connectivity index (χ1v) is 18.7. The van der Waals surface area contributed by atoms with Gasteiger partial charge in [-0.1, -0.05) is 96.0 Å². The van der Waals surface area contributed by atoms with Crippen LogP contribution in [0.4, 0.5) is 0 Å². The van der Waals surface area contributed by atoms with Gasteiger partial charge in [0, 0.05) is 49.1 Å². The lowest BCUT2D eigenvalue weighted by molar-refractivity contribution is 1.62. The fourth-order valence-corrected chi connectivity index (χ4v) is 9.95. The van der Waals surface area contributed by atoms with Gasteiger partial charge < -0.3 is 0 Å². The highest BCUT2D eigenvalue weighted by Gasteiger charge is 2.13. The van der Waals surface area contributed by atoms with E-state index < -0.39 is 0 Å². The maximum Gasteiger partial charge on any atom is 0.0449 e. The summed E-state index contributed by atoms with van der Waals surface area (Å²) >= 11 is 19.5. The van der Waals surface area contributed by atoms with Gasteiger partial charge in [-0.25, -0.2) is 0 Å². The van der Waals surface area contributed by atoms with Crippen molar-refractivity contribution in [1.82, 2.24) is 0 Å². The third-order valence-corrected chi connectivity index (χ3v) is 13.4. The molecule has 0 amide bonds. The van der Waals surface area contributed by atoms with Crippen molar-refractivity contribution in [2.24, 2.45) is 0 Å². The number of hydrogen-bond donors (Lipinski definition) is 0. The maximum absolute atomic E-state index is 6.06. The minimum Gasteiger partial charge on any atom is -0.134 e. The molecule has 46 heavy (non-hydrogen) atoms. The van der Waals surface area contributed by atoms with Crippen LogP contribution in [0.3, 0.4) is 0 Å². The van der Waals surface area contributed by atoms with Gasteiger partial charge in [-0.05, 0) is 106 Å². The largest absolute Gasteiger partial charge is 0.134 e. The Balaban J connectivity index is 0.961. The van der Waals surface area contributed by atoms with Gasteiger partial charge in [0.1, 0.15) is 0 Å². The highest BCUT2D eigenvalue weighted by atomic mass is 35.5. The van der Waals surface area contributed by atoms with Crippen LogP contribution in [-0.2, 0) is 0 Å². The van der Waals surface area contributed by atoms with Crippen molar-refractivity contribution in [2.45, 2.75) is 0 Å². The number of thiophene rings is 4. The quantitative estimate of drug-likeness (QED) is 0.155. The molecule has 0 fully saturated rings. The summed E-state index contributed by atoms with van der Waals surface area (Å²) in [5, 5.41) is 1.52. The third kappa shape index (κ3) is 6.17. The lowest BCUT2D eigenvalue weighted by atomic mass is 10.0. The second-order valence-corrected chi connectivity index (χ2v) is 16.0. The van der Waals surface area contributed by atoms with Crippen LogP contribution in [0.1, 0.15) is 0 Å². The molecule has 222 valence electrons. The fourth-order valence-electron chi connectivity index (χ4n) is 5.39. The summed E-state index contributed by atoms with van der Waals surface area (Å²) in [5.41, 5.74) is 7.20. The average molecular weight is 704 g/mol. The molecular weight excluding hydrogens is 680 g/mol. The van der Waals surface area contributed by atoms with Gasteiger partial charge in [0.15, 0.2) is 0 Å². The number of halogens is 2. The van der Waals surface area contributed by atoms with Crippen molar-refractivity contribution < 1.29 is 0 Å². The zero-order chi connectivity index (χ0) is 31.0. The normalized spacial score (nSPS) is 11.3. The molecule has 0 bridgehead atoms. The van der Waals surface area contributed by atoms with Crippen molar-refractivity contribution in [1.29, 1.82) is 0 Å².